The van der Waals surface area contributed by atoms with Crippen molar-refractivity contribution >= 4 is 5.91 Å². The van der Waals surface area contributed by atoms with Crippen LogP contribution < -0.4 is 0 Å². The van der Waals surface area contributed by atoms with Crippen LogP contribution in [0.3, 0.4) is 0 Å². The average Bonchev–Trinajstić information content (AvgIpc) is 3.06. The zero-order chi connectivity index (χ0) is 13.4. The number of rotatable bonds is 2. The number of nitrogens with zero attached hydrogens (tertiary/aromatic N) is 2. The van der Waals surface area contributed by atoms with Crippen molar-refractivity contribution < 1.29 is 13.9 Å². The maximum Gasteiger partial charge on any atom is 0.257 e. The molecular weight excluding hydrogens is 244 g/mol. The van der Waals surface area contributed by atoms with E-state index < -0.39 is 0 Å². The summed E-state index contributed by atoms with van der Waals surface area (Å²) in [5.41, 5.74) is 0.620. The summed E-state index contributed by atoms with van der Waals surface area (Å²) < 4.78 is 10.8. The molecule has 0 spiro atoms. The highest BCUT2D eigenvalue weighted by Crippen LogP contribution is 2.25. The topological polar surface area (TPSA) is 45.9 Å². The summed E-state index contributed by atoms with van der Waals surface area (Å²) in [7, 11) is 0. The van der Waals surface area contributed by atoms with Crippen molar-refractivity contribution in [2.24, 2.45) is 0 Å². The largest absolute Gasteiger partial charge is 0.472 e. The zero-order valence-corrected chi connectivity index (χ0v) is 11.4. The first-order valence-corrected chi connectivity index (χ1v) is 6.85. The molecule has 0 aromatic carbocycles. The van der Waals surface area contributed by atoms with Gasteiger partial charge in [-0.05, 0) is 19.9 Å². The summed E-state index contributed by atoms with van der Waals surface area (Å²) in [6, 6.07) is 2.52. The van der Waals surface area contributed by atoms with Crippen LogP contribution in [0.1, 0.15) is 24.2 Å². The van der Waals surface area contributed by atoms with Crippen LogP contribution in [0.15, 0.2) is 23.0 Å². The van der Waals surface area contributed by atoms with Crippen molar-refractivity contribution in [3.8, 4) is 0 Å². The van der Waals surface area contributed by atoms with E-state index in [1.54, 1.807) is 6.07 Å². The number of ether oxygens (including phenoxy) is 1. The number of amides is 1. The van der Waals surface area contributed by atoms with Crippen molar-refractivity contribution in [3.05, 3.63) is 24.2 Å². The summed E-state index contributed by atoms with van der Waals surface area (Å²) in [5, 5.41) is 0. The first kappa shape index (κ1) is 12.7. The van der Waals surface area contributed by atoms with Gasteiger partial charge in [-0.1, -0.05) is 0 Å². The Morgan fingerprint density at radius 2 is 2.26 bits per heavy atom. The normalized spacial score (nSPS) is 27.8. The summed E-state index contributed by atoms with van der Waals surface area (Å²) in [4.78, 5) is 16.6. The lowest BCUT2D eigenvalue weighted by Crippen LogP contribution is -2.53. The fraction of sp³-hybridized carbons (Fsp3) is 0.643. The SMILES string of the molecule is CC(C)N1CCO[C@@H]2CN(C(=O)c3ccoc3)C[C@@H]21. The number of fused-ring (bicyclic) bond motifs is 1. The predicted molar refractivity (Wildman–Crippen MR) is 70.0 cm³/mol. The molecule has 0 radical (unpaired) electrons. The third-order valence-electron chi connectivity index (χ3n) is 4.06. The Bertz CT molecular complexity index is 444. The van der Waals surface area contributed by atoms with E-state index >= 15 is 0 Å². The van der Waals surface area contributed by atoms with E-state index in [9.17, 15) is 4.79 Å². The smallest absolute Gasteiger partial charge is 0.257 e. The summed E-state index contributed by atoms with van der Waals surface area (Å²) in [6.45, 7) is 7.52. The number of morpholine rings is 1. The lowest BCUT2D eigenvalue weighted by Gasteiger charge is -2.39. The predicted octanol–water partition coefficient (Wildman–Crippen LogP) is 1.21. The zero-order valence-electron chi connectivity index (χ0n) is 11.4. The van der Waals surface area contributed by atoms with E-state index in [2.05, 4.69) is 18.7 Å². The Kier molecular flexibility index (Phi) is 3.33. The summed E-state index contributed by atoms with van der Waals surface area (Å²) in [5.74, 6) is 0.0375. The van der Waals surface area contributed by atoms with E-state index in [0.29, 0.717) is 24.2 Å². The minimum absolute atomic E-state index is 0.0375. The van der Waals surface area contributed by atoms with Crippen LogP contribution in [-0.2, 0) is 4.74 Å². The first-order valence-electron chi connectivity index (χ1n) is 6.85. The fourth-order valence-corrected chi connectivity index (χ4v) is 3.09. The quantitative estimate of drug-likeness (QED) is 0.805. The number of carbonyl (C=O) groups is 1. The summed E-state index contributed by atoms with van der Waals surface area (Å²) >= 11 is 0. The summed E-state index contributed by atoms with van der Waals surface area (Å²) in [6.07, 6.45) is 3.19. The lowest BCUT2D eigenvalue weighted by molar-refractivity contribution is -0.0582. The standard InChI is InChI=1S/C14H20N2O3/c1-10(2)16-4-6-19-13-8-15(7-12(13)16)14(17)11-3-5-18-9-11/h3,5,9-10,12-13H,4,6-8H2,1-2H3/t12-,13+/m0/s1. The highest BCUT2D eigenvalue weighted by atomic mass is 16.5. The lowest BCUT2D eigenvalue weighted by atomic mass is 10.1. The molecule has 3 heterocycles. The van der Waals surface area contributed by atoms with Crippen LogP contribution in [0.2, 0.25) is 0 Å². The molecule has 3 rings (SSSR count). The van der Waals surface area contributed by atoms with Crippen LogP contribution in [0.5, 0.6) is 0 Å². The van der Waals surface area contributed by atoms with Gasteiger partial charge in [0, 0.05) is 25.7 Å². The molecule has 0 N–H and O–H groups in total. The average molecular weight is 264 g/mol. The second-order valence-corrected chi connectivity index (χ2v) is 5.53. The Hall–Kier alpha value is -1.33. The molecule has 1 aromatic rings. The van der Waals surface area contributed by atoms with Crippen LogP contribution in [-0.4, -0.2) is 60.1 Å². The van der Waals surface area contributed by atoms with Crippen molar-refractivity contribution in [3.63, 3.8) is 0 Å². The molecule has 1 amide bonds. The van der Waals surface area contributed by atoms with Crippen molar-refractivity contribution in [2.45, 2.75) is 32.0 Å². The van der Waals surface area contributed by atoms with E-state index in [1.807, 2.05) is 4.90 Å². The number of furan rings is 1. The Balaban J connectivity index is 1.73. The minimum atomic E-state index is 0.0375. The van der Waals surface area contributed by atoms with Gasteiger partial charge in [-0.25, -0.2) is 0 Å². The molecule has 2 aliphatic heterocycles. The van der Waals surface area contributed by atoms with Crippen molar-refractivity contribution in [1.82, 2.24) is 9.80 Å². The van der Waals surface area contributed by atoms with Gasteiger partial charge in [0.05, 0.1) is 30.6 Å². The molecule has 5 heteroatoms. The molecule has 2 saturated heterocycles. The van der Waals surface area contributed by atoms with Crippen LogP contribution in [0.25, 0.3) is 0 Å². The molecule has 1 aromatic heterocycles. The molecule has 2 atom stereocenters. The molecule has 0 aliphatic carbocycles. The number of likely N-dealkylation sites (tertiary alicyclic amines) is 1. The van der Waals surface area contributed by atoms with Gasteiger partial charge in [0.2, 0.25) is 0 Å². The highest BCUT2D eigenvalue weighted by molar-refractivity contribution is 5.94. The minimum Gasteiger partial charge on any atom is -0.472 e. The molecule has 0 saturated carbocycles. The highest BCUT2D eigenvalue weighted by Gasteiger charge is 2.42. The molecular formula is C14H20N2O3. The molecule has 104 valence electrons. The van der Waals surface area contributed by atoms with Gasteiger partial charge in [-0.3, -0.25) is 9.69 Å². The van der Waals surface area contributed by atoms with Gasteiger partial charge in [0.25, 0.3) is 5.91 Å². The van der Waals surface area contributed by atoms with Gasteiger partial charge < -0.3 is 14.1 Å². The number of hydrogen-bond donors (Lipinski definition) is 0. The monoisotopic (exact) mass is 264 g/mol. The maximum atomic E-state index is 12.3. The molecule has 2 fully saturated rings. The van der Waals surface area contributed by atoms with E-state index in [-0.39, 0.29) is 12.0 Å². The number of hydrogen-bond acceptors (Lipinski definition) is 4. The van der Waals surface area contributed by atoms with E-state index in [0.717, 1.165) is 19.7 Å². The molecule has 0 unspecified atom stereocenters. The van der Waals surface area contributed by atoms with Gasteiger partial charge in [0.15, 0.2) is 0 Å². The molecule has 19 heavy (non-hydrogen) atoms. The van der Waals surface area contributed by atoms with Gasteiger partial charge in [-0.15, -0.1) is 0 Å². The second-order valence-electron chi connectivity index (χ2n) is 5.53. The Morgan fingerprint density at radius 3 is 2.95 bits per heavy atom. The second kappa shape index (κ2) is 4.98. The van der Waals surface area contributed by atoms with Crippen LogP contribution >= 0.6 is 0 Å². The molecule has 5 nitrogen and oxygen atoms in total. The Morgan fingerprint density at radius 1 is 1.42 bits per heavy atom. The van der Waals surface area contributed by atoms with E-state index in [4.69, 9.17) is 9.15 Å². The van der Waals surface area contributed by atoms with E-state index in [1.165, 1.54) is 12.5 Å². The van der Waals surface area contributed by atoms with Crippen molar-refractivity contribution in [2.75, 3.05) is 26.2 Å². The maximum absolute atomic E-state index is 12.3. The van der Waals surface area contributed by atoms with Gasteiger partial charge in [0.1, 0.15) is 6.26 Å². The molecule has 0 bridgehead atoms. The third kappa shape index (κ3) is 2.28. The van der Waals surface area contributed by atoms with Crippen LogP contribution in [0, 0.1) is 0 Å². The fourth-order valence-electron chi connectivity index (χ4n) is 3.09. The molecule has 2 aliphatic rings. The third-order valence-corrected chi connectivity index (χ3v) is 4.06. The Labute approximate surface area is 113 Å². The van der Waals surface area contributed by atoms with Crippen LogP contribution in [0.4, 0.5) is 0 Å². The van der Waals surface area contributed by atoms with Gasteiger partial charge >= 0.3 is 0 Å². The number of carbonyl (C=O) groups excluding carboxylic acids is 1. The first-order chi connectivity index (χ1) is 9.16. The van der Waals surface area contributed by atoms with Crippen molar-refractivity contribution in [1.29, 1.82) is 0 Å². The van der Waals surface area contributed by atoms with Gasteiger partial charge in [-0.2, -0.15) is 0 Å².